The van der Waals surface area contributed by atoms with Gasteiger partial charge >= 0.3 is 5.97 Å². The van der Waals surface area contributed by atoms with Gasteiger partial charge in [-0.2, -0.15) is 0 Å². The number of esters is 1. The molecule has 98 valence electrons. The number of fused-ring (bicyclic) bond motifs is 1. The molecule has 0 aliphatic heterocycles. The van der Waals surface area contributed by atoms with E-state index < -0.39 is 0 Å². The first-order valence-electron chi connectivity index (χ1n) is 6.39. The Hall–Kier alpha value is -2.09. The van der Waals surface area contributed by atoms with E-state index in [0.717, 1.165) is 6.42 Å². The lowest BCUT2D eigenvalue weighted by molar-refractivity contribution is -0.138. The molecule has 0 unspecified atom stereocenters. The van der Waals surface area contributed by atoms with Gasteiger partial charge in [0.05, 0.1) is 6.61 Å². The second-order valence-electron chi connectivity index (χ2n) is 4.75. The van der Waals surface area contributed by atoms with E-state index in [0.29, 0.717) is 12.2 Å². The van der Waals surface area contributed by atoms with Crippen molar-refractivity contribution < 1.29 is 9.53 Å². The minimum atomic E-state index is -0.323. The van der Waals surface area contributed by atoms with Gasteiger partial charge in [-0.1, -0.05) is 43.0 Å². The van der Waals surface area contributed by atoms with Crippen LogP contribution in [0.4, 0.5) is 0 Å². The van der Waals surface area contributed by atoms with E-state index in [-0.39, 0.29) is 5.97 Å². The summed E-state index contributed by atoms with van der Waals surface area (Å²) in [6, 6.07) is 12.5. The predicted molar refractivity (Wildman–Crippen MR) is 78.2 cm³/mol. The largest absolute Gasteiger partial charge is 0.462 e. The Bertz CT molecular complexity index is 626. The first-order chi connectivity index (χ1) is 9.09. The maximum absolute atomic E-state index is 11.3. The van der Waals surface area contributed by atoms with Crippen LogP contribution in [0.15, 0.2) is 48.6 Å². The number of carbonyl (C=O) groups is 1. The number of benzene rings is 2. The topological polar surface area (TPSA) is 26.3 Å². The van der Waals surface area contributed by atoms with Gasteiger partial charge in [0, 0.05) is 12.0 Å². The van der Waals surface area contributed by atoms with Gasteiger partial charge in [0.2, 0.25) is 0 Å². The number of carbonyl (C=O) groups excluding carboxylic acids is 1. The summed E-state index contributed by atoms with van der Waals surface area (Å²) in [5, 5.41) is 2.49. The molecule has 0 aliphatic rings. The van der Waals surface area contributed by atoms with Crippen molar-refractivity contribution in [2.75, 3.05) is 6.61 Å². The van der Waals surface area contributed by atoms with Gasteiger partial charge in [-0.25, -0.2) is 4.79 Å². The van der Waals surface area contributed by atoms with Crippen LogP contribution in [0.25, 0.3) is 10.8 Å². The Morgan fingerprint density at radius 3 is 2.58 bits per heavy atom. The molecule has 2 rings (SSSR count). The molecule has 0 amide bonds. The molecule has 0 spiro atoms. The highest BCUT2D eigenvalue weighted by atomic mass is 16.5. The maximum atomic E-state index is 11.3. The molecule has 2 aromatic carbocycles. The van der Waals surface area contributed by atoms with Gasteiger partial charge in [0.1, 0.15) is 0 Å². The molecular weight excluding hydrogens is 236 g/mol. The fourth-order valence-electron chi connectivity index (χ4n) is 2.13. The number of ether oxygens (including phenoxy) is 1. The van der Waals surface area contributed by atoms with Gasteiger partial charge in [0.15, 0.2) is 0 Å². The molecule has 0 heterocycles. The molecule has 0 saturated carbocycles. The average molecular weight is 254 g/mol. The Morgan fingerprint density at radius 1 is 1.16 bits per heavy atom. The summed E-state index contributed by atoms with van der Waals surface area (Å²) < 4.78 is 5.15. The number of rotatable bonds is 4. The molecule has 2 aromatic rings. The third-order valence-electron chi connectivity index (χ3n) is 3.18. The molecule has 2 heteroatoms. The summed E-state index contributed by atoms with van der Waals surface area (Å²) in [7, 11) is 0. The van der Waals surface area contributed by atoms with Crippen molar-refractivity contribution in [1.82, 2.24) is 0 Å². The lowest BCUT2D eigenvalue weighted by Crippen LogP contribution is -2.08. The van der Waals surface area contributed by atoms with Crippen molar-refractivity contribution in [3.05, 3.63) is 59.7 Å². The zero-order valence-electron chi connectivity index (χ0n) is 11.4. The summed E-state index contributed by atoms with van der Waals surface area (Å²) >= 11 is 0. The maximum Gasteiger partial charge on any atom is 0.333 e. The van der Waals surface area contributed by atoms with Gasteiger partial charge in [0.25, 0.3) is 0 Å². The fourth-order valence-corrected chi connectivity index (χ4v) is 2.13. The zero-order valence-corrected chi connectivity index (χ0v) is 11.4. The van der Waals surface area contributed by atoms with Crippen LogP contribution in [0, 0.1) is 6.92 Å². The summed E-state index contributed by atoms with van der Waals surface area (Å²) in [4.78, 5) is 11.3. The van der Waals surface area contributed by atoms with E-state index in [1.165, 1.54) is 21.9 Å². The van der Waals surface area contributed by atoms with E-state index in [4.69, 9.17) is 4.74 Å². The molecule has 0 aliphatic carbocycles. The van der Waals surface area contributed by atoms with E-state index >= 15 is 0 Å². The van der Waals surface area contributed by atoms with Crippen molar-refractivity contribution in [2.24, 2.45) is 0 Å². The van der Waals surface area contributed by atoms with E-state index in [2.05, 4.69) is 43.8 Å². The van der Waals surface area contributed by atoms with Crippen LogP contribution >= 0.6 is 0 Å². The highest BCUT2D eigenvalue weighted by Crippen LogP contribution is 2.22. The molecule has 0 fully saturated rings. The van der Waals surface area contributed by atoms with Crippen LogP contribution in [-0.2, 0) is 16.0 Å². The molecule has 19 heavy (non-hydrogen) atoms. The van der Waals surface area contributed by atoms with E-state index in [1.54, 1.807) is 6.92 Å². The Labute approximate surface area is 113 Å². The van der Waals surface area contributed by atoms with Gasteiger partial charge in [-0.05, 0) is 35.7 Å². The lowest BCUT2D eigenvalue weighted by Gasteiger charge is -2.09. The molecule has 0 radical (unpaired) electrons. The monoisotopic (exact) mass is 254 g/mol. The van der Waals surface area contributed by atoms with Crippen LogP contribution < -0.4 is 0 Å². The van der Waals surface area contributed by atoms with Crippen molar-refractivity contribution in [3.63, 3.8) is 0 Å². The number of hydrogen-bond donors (Lipinski definition) is 0. The van der Waals surface area contributed by atoms with Crippen molar-refractivity contribution >= 4 is 16.7 Å². The lowest BCUT2D eigenvalue weighted by atomic mass is 9.99. The smallest absolute Gasteiger partial charge is 0.333 e. The van der Waals surface area contributed by atoms with Crippen LogP contribution in [-0.4, -0.2) is 12.6 Å². The quantitative estimate of drug-likeness (QED) is 0.612. The minimum Gasteiger partial charge on any atom is -0.462 e. The van der Waals surface area contributed by atoms with Crippen LogP contribution in [0.3, 0.4) is 0 Å². The van der Waals surface area contributed by atoms with Crippen molar-refractivity contribution in [3.8, 4) is 0 Å². The molecule has 2 nitrogen and oxygen atoms in total. The van der Waals surface area contributed by atoms with Crippen molar-refractivity contribution in [2.45, 2.75) is 20.3 Å². The third kappa shape index (κ3) is 3.02. The zero-order chi connectivity index (χ0) is 13.8. The summed E-state index contributed by atoms with van der Waals surface area (Å²) in [5.41, 5.74) is 2.91. The third-order valence-corrected chi connectivity index (χ3v) is 3.18. The Balaban J connectivity index is 2.15. The van der Waals surface area contributed by atoms with Gasteiger partial charge in [-0.15, -0.1) is 0 Å². The first-order valence-corrected chi connectivity index (χ1v) is 6.39. The minimum absolute atomic E-state index is 0.323. The molecule has 0 aromatic heterocycles. The SMILES string of the molecule is C=C(C)C(=O)OCCc1cccc2c(C)cccc12. The molecule has 0 bridgehead atoms. The highest BCUT2D eigenvalue weighted by molar-refractivity contribution is 5.89. The van der Waals surface area contributed by atoms with Crippen LogP contribution in [0.5, 0.6) is 0 Å². The number of hydrogen-bond acceptors (Lipinski definition) is 2. The van der Waals surface area contributed by atoms with E-state index in [1.807, 2.05) is 6.07 Å². The van der Waals surface area contributed by atoms with Crippen molar-refractivity contribution in [1.29, 1.82) is 0 Å². The fraction of sp³-hybridized carbons (Fsp3) is 0.235. The number of aryl methyl sites for hydroxylation is 1. The van der Waals surface area contributed by atoms with Gasteiger partial charge in [-0.3, -0.25) is 0 Å². The molecule has 0 atom stereocenters. The van der Waals surface area contributed by atoms with Gasteiger partial charge < -0.3 is 4.74 Å². The summed E-state index contributed by atoms with van der Waals surface area (Å²) in [5.74, 6) is -0.323. The molecular formula is C17H18O2. The standard InChI is InChI=1S/C17H18O2/c1-12(2)17(18)19-11-10-14-7-5-8-15-13(3)6-4-9-16(14)15/h4-9H,1,10-11H2,2-3H3. The summed E-state index contributed by atoms with van der Waals surface area (Å²) in [6.45, 7) is 7.72. The second-order valence-corrected chi connectivity index (χ2v) is 4.75. The summed E-state index contributed by atoms with van der Waals surface area (Å²) in [6.07, 6.45) is 0.722. The average Bonchev–Trinajstić information content (AvgIpc) is 2.39. The van der Waals surface area contributed by atoms with Crippen LogP contribution in [0.2, 0.25) is 0 Å². The second kappa shape index (κ2) is 5.70. The Morgan fingerprint density at radius 2 is 1.84 bits per heavy atom. The molecule has 0 N–H and O–H groups in total. The predicted octanol–water partition coefficient (Wildman–Crippen LogP) is 3.81. The Kier molecular flexibility index (Phi) is 4.00. The van der Waals surface area contributed by atoms with Crippen LogP contribution in [0.1, 0.15) is 18.1 Å². The first kappa shape index (κ1) is 13.3. The normalized spacial score (nSPS) is 10.4. The highest BCUT2D eigenvalue weighted by Gasteiger charge is 2.05. The van der Waals surface area contributed by atoms with E-state index in [9.17, 15) is 4.79 Å². The molecule has 0 saturated heterocycles.